The van der Waals surface area contributed by atoms with Gasteiger partial charge >= 0.3 is 0 Å². The molecule has 2 aromatic heterocycles. The summed E-state index contributed by atoms with van der Waals surface area (Å²) in [5.74, 6) is 0. The Morgan fingerprint density at radius 1 is 0.583 bits per heavy atom. The molecule has 0 saturated heterocycles. The monoisotopic (exact) mass is 382 g/mol. The quantitative estimate of drug-likeness (QED) is 0.225. The zero-order chi connectivity index (χ0) is 16.3. The van der Waals surface area contributed by atoms with E-state index in [9.17, 15) is 0 Å². The minimum Gasteiger partial charge on any atom is -0.129 e. The molecule has 5 rings (SSSR count). The van der Waals surface area contributed by atoms with E-state index in [0.717, 1.165) is 0 Å². The SMILES string of the molecule is CSc1cc2c(ccc3cc4c(ccc5sc(SC)cc54)cc32)s1. The van der Waals surface area contributed by atoms with E-state index in [4.69, 9.17) is 0 Å². The normalized spacial score (nSPS) is 12.1. The molecule has 0 nitrogen and oxygen atoms in total. The van der Waals surface area contributed by atoms with Gasteiger partial charge in [-0.3, -0.25) is 0 Å². The first-order valence-electron chi connectivity index (χ1n) is 7.67. The first-order valence-corrected chi connectivity index (χ1v) is 11.8. The van der Waals surface area contributed by atoms with Crippen LogP contribution in [0.5, 0.6) is 0 Å². The number of hydrogen-bond acceptors (Lipinski definition) is 4. The summed E-state index contributed by atoms with van der Waals surface area (Å²) in [5, 5.41) is 8.19. The minimum atomic E-state index is 1.34. The van der Waals surface area contributed by atoms with Crippen molar-refractivity contribution in [1.29, 1.82) is 0 Å². The largest absolute Gasteiger partial charge is 0.129 e. The molecule has 0 fully saturated rings. The second kappa shape index (κ2) is 5.67. The summed E-state index contributed by atoms with van der Waals surface area (Å²) < 4.78 is 5.53. The highest BCUT2D eigenvalue weighted by atomic mass is 32.2. The molecule has 0 aliphatic carbocycles. The third kappa shape index (κ3) is 2.21. The number of benzene rings is 3. The van der Waals surface area contributed by atoms with Crippen LogP contribution in [0.4, 0.5) is 0 Å². The number of hydrogen-bond donors (Lipinski definition) is 0. The summed E-state index contributed by atoms with van der Waals surface area (Å²) in [7, 11) is 0. The first kappa shape index (κ1) is 15.1. The van der Waals surface area contributed by atoms with Crippen molar-refractivity contribution >= 4 is 87.9 Å². The van der Waals surface area contributed by atoms with Crippen molar-refractivity contribution in [1.82, 2.24) is 0 Å². The van der Waals surface area contributed by atoms with E-state index in [0.29, 0.717) is 0 Å². The van der Waals surface area contributed by atoms with Gasteiger partial charge in [-0.25, -0.2) is 0 Å². The summed E-state index contributed by atoms with van der Waals surface area (Å²) in [5.41, 5.74) is 0. The summed E-state index contributed by atoms with van der Waals surface area (Å²) in [6, 6.07) is 18.5. The Hall–Kier alpha value is -1.20. The lowest BCUT2D eigenvalue weighted by Crippen LogP contribution is -1.78. The Kier molecular flexibility index (Phi) is 3.56. The lowest BCUT2D eigenvalue weighted by atomic mass is 9.99. The van der Waals surface area contributed by atoms with Gasteiger partial charge in [-0.05, 0) is 70.5 Å². The Morgan fingerprint density at radius 3 is 1.46 bits per heavy atom. The van der Waals surface area contributed by atoms with Crippen LogP contribution in [0.3, 0.4) is 0 Å². The maximum absolute atomic E-state index is 2.37. The van der Waals surface area contributed by atoms with Gasteiger partial charge in [-0.1, -0.05) is 12.1 Å². The van der Waals surface area contributed by atoms with Crippen molar-refractivity contribution in [2.24, 2.45) is 0 Å². The first-order chi connectivity index (χ1) is 11.8. The third-order valence-corrected chi connectivity index (χ3v) is 8.84. The molecule has 3 aromatic carbocycles. The van der Waals surface area contributed by atoms with Crippen molar-refractivity contribution in [2.45, 2.75) is 8.42 Å². The molecule has 118 valence electrons. The summed E-state index contributed by atoms with van der Waals surface area (Å²) in [6.07, 6.45) is 4.30. The van der Waals surface area contributed by atoms with E-state index >= 15 is 0 Å². The van der Waals surface area contributed by atoms with Gasteiger partial charge in [0.1, 0.15) is 0 Å². The van der Waals surface area contributed by atoms with Crippen LogP contribution >= 0.6 is 46.2 Å². The fourth-order valence-electron chi connectivity index (χ4n) is 3.34. The molecule has 0 aliphatic rings. The van der Waals surface area contributed by atoms with Crippen molar-refractivity contribution in [2.75, 3.05) is 12.5 Å². The Labute approximate surface area is 156 Å². The molecule has 0 amide bonds. The molecule has 2 heterocycles. The zero-order valence-corrected chi connectivity index (χ0v) is 16.5. The number of rotatable bonds is 2. The third-order valence-electron chi connectivity index (χ3n) is 4.51. The smallest absolute Gasteiger partial charge is 0.0608 e. The van der Waals surface area contributed by atoms with Gasteiger partial charge in [0, 0.05) is 20.2 Å². The predicted molar refractivity (Wildman–Crippen MR) is 116 cm³/mol. The van der Waals surface area contributed by atoms with Crippen LogP contribution in [-0.2, 0) is 0 Å². The average Bonchev–Trinajstić information content (AvgIpc) is 3.23. The Morgan fingerprint density at radius 2 is 1.04 bits per heavy atom. The lowest BCUT2D eigenvalue weighted by Gasteiger charge is -2.05. The molecule has 0 radical (unpaired) electrons. The molecule has 0 spiro atoms. The van der Waals surface area contributed by atoms with Gasteiger partial charge in [0.15, 0.2) is 0 Å². The highest BCUT2D eigenvalue weighted by Gasteiger charge is 2.10. The van der Waals surface area contributed by atoms with Gasteiger partial charge in [-0.15, -0.1) is 46.2 Å². The number of thiophene rings is 2. The lowest BCUT2D eigenvalue weighted by molar-refractivity contribution is 1.78. The van der Waals surface area contributed by atoms with Crippen molar-refractivity contribution < 1.29 is 0 Å². The maximum atomic E-state index is 2.37. The minimum absolute atomic E-state index is 1.34. The van der Waals surface area contributed by atoms with Gasteiger partial charge in [0.2, 0.25) is 0 Å². The van der Waals surface area contributed by atoms with E-state index in [1.807, 2.05) is 46.2 Å². The van der Waals surface area contributed by atoms with Crippen molar-refractivity contribution in [3.63, 3.8) is 0 Å². The molecule has 0 unspecified atom stereocenters. The van der Waals surface area contributed by atoms with E-state index in [1.165, 1.54) is 50.1 Å². The molecule has 0 N–H and O–H groups in total. The van der Waals surface area contributed by atoms with Crippen LogP contribution in [0.15, 0.2) is 56.9 Å². The van der Waals surface area contributed by atoms with Gasteiger partial charge < -0.3 is 0 Å². The van der Waals surface area contributed by atoms with E-state index in [1.54, 1.807) is 0 Å². The molecule has 24 heavy (non-hydrogen) atoms. The van der Waals surface area contributed by atoms with Crippen LogP contribution < -0.4 is 0 Å². The molecular formula is C20H14S4. The van der Waals surface area contributed by atoms with Crippen LogP contribution in [-0.4, -0.2) is 12.5 Å². The molecule has 0 saturated carbocycles. The highest BCUT2D eigenvalue weighted by Crippen LogP contribution is 2.40. The fourth-order valence-corrected chi connectivity index (χ4v) is 6.63. The standard InChI is InChI=1S/C20H14S4/c1-21-19-9-15-13-7-12-4-6-18-16(10-20(22-2)24-18)14(12)8-11(13)3-5-17(15)23-19/h3-10H,1-2H3. The maximum Gasteiger partial charge on any atom is 0.0608 e. The van der Waals surface area contributed by atoms with Crippen LogP contribution in [0.1, 0.15) is 0 Å². The van der Waals surface area contributed by atoms with Crippen LogP contribution in [0, 0.1) is 0 Å². The number of thioether (sulfide) groups is 2. The molecular weight excluding hydrogens is 368 g/mol. The van der Waals surface area contributed by atoms with Gasteiger partial charge in [-0.2, -0.15) is 0 Å². The summed E-state index contributed by atoms with van der Waals surface area (Å²) >= 11 is 7.44. The van der Waals surface area contributed by atoms with Crippen molar-refractivity contribution in [3.05, 3.63) is 48.5 Å². The van der Waals surface area contributed by atoms with Gasteiger partial charge in [0.05, 0.1) is 8.42 Å². The average molecular weight is 383 g/mol. The van der Waals surface area contributed by atoms with Crippen LogP contribution in [0.2, 0.25) is 0 Å². The van der Waals surface area contributed by atoms with E-state index in [2.05, 4.69) is 61.0 Å². The Bertz CT molecular complexity index is 1130. The molecule has 0 aliphatic heterocycles. The second-order valence-corrected chi connectivity index (χ2v) is 10.2. The fraction of sp³-hybridized carbons (Fsp3) is 0.100. The van der Waals surface area contributed by atoms with E-state index < -0.39 is 0 Å². The highest BCUT2D eigenvalue weighted by molar-refractivity contribution is 8.00. The van der Waals surface area contributed by atoms with Gasteiger partial charge in [0.25, 0.3) is 0 Å². The second-order valence-electron chi connectivity index (χ2n) is 5.79. The molecule has 0 atom stereocenters. The van der Waals surface area contributed by atoms with Crippen molar-refractivity contribution in [3.8, 4) is 0 Å². The summed E-state index contributed by atoms with van der Waals surface area (Å²) in [6.45, 7) is 0. The van der Waals surface area contributed by atoms with Crippen LogP contribution in [0.25, 0.3) is 41.7 Å². The molecule has 5 aromatic rings. The summed E-state index contributed by atoms with van der Waals surface area (Å²) in [4.78, 5) is 0. The zero-order valence-electron chi connectivity index (χ0n) is 13.3. The topological polar surface area (TPSA) is 0 Å². The molecule has 4 heteroatoms. The number of fused-ring (bicyclic) bond motifs is 6. The Balaban J connectivity index is 1.90. The molecule has 0 bridgehead atoms. The van der Waals surface area contributed by atoms with E-state index in [-0.39, 0.29) is 0 Å². The predicted octanol–water partition coefficient (Wildman–Crippen LogP) is 7.87.